The fourth-order valence-corrected chi connectivity index (χ4v) is 2.56. The van der Waals surface area contributed by atoms with Crippen LogP contribution in [-0.4, -0.2) is 11.1 Å². The average molecular weight is 280 g/mol. The molecule has 2 aromatic carbocycles. The van der Waals surface area contributed by atoms with Gasteiger partial charge in [-0.2, -0.15) is 0 Å². The van der Waals surface area contributed by atoms with Gasteiger partial charge in [0.25, 0.3) is 0 Å². The first-order valence-corrected chi connectivity index (χ1v) is 6.45. The maximum atomic E-state index is 13.4. The number of rotatable bonds is 4. The van der Waals surface area contributed by atoms with E-state index in [9.17, 15) is 13.6 Å². The SMILES string of the molecule is O=C(O)c1ccccc1CSc1cc(F)ccc1F. The van der Waals surface area contributed by atoms with Gasteiger partial charge < -0.3 is 5.11 Å². The number of hydrogen-bond acceptors (Lipinski definition) is 2. The van der Waals surface area contributed by atoms with Crippen molar-refractivity contribution in [2.45, 2.75) is 10.6 Å². The molecule has 0 aliphatic carbocycles. The zero-order chi connectivity index (χ0) is 13.8. The number of thioether (sulfide) groups is 1. The van der Waals surface area contributed by atoms with Gasteiger partial charge in [-0.3, -0.25) is 0 Å². The summed E-state index contributed by atoms with van der Waals surface area (Å²) in [5.41, 5.74) is 0.746. The lowest BCUT2D eigenvalue weighted by molar-refractivity contribution is 0.0696. The fraction of sp³-hybridized carbons (Fsp3) is 0.0714. The Balaban J connectivity index is 2.19. The van der Waals surface area contributed by atoms with Crippen molar-refractivity contribution in [3.8, 4) is 0 Å². The molecule has 2 nitrogen and oxygen atoms in total. The van der Waals surface area contributed by atoms with E-state index in [0.717, 1.165) is 30.0 Å². The molecule has 2 aromatic rings. The van der Waals surface area contributed by atoms with Crippen LogP contribution in [0.3, 0.4) is 0 Å². The molecule has 2 rings (SSSR count). The molecule has 0 atom stereocenters. The van der Waals surface area contributed by atoms with Crippen LogP contribution in [0.5, 0.6) is 0 Å². The number of hydrogen-bond donors (Lipinski definition) is 1. The van der Waals surface area contributed by atoms with E-state index in [0.29, 0.717) is 5.56 Å². The number of benzene rings is 2. The number of carboxylic acid groups (broad SMARTS) is 1. The molecular formula is C14H10F2O2S. The van der Waals surface area contributed by atoms with Gasteiger partial charge in [-0.1, -0.05) is 18.2 Å². The van der Waals surface area contributed by atoms with E-state index in [-0.39, 0.29) is 16.2 Å². The Bertz CT molecular complexity index is 614. The smallest absolute Gasteiger partial charge is 0.335 e. The minimum absolute atomic E-state index is 0.167. The Morgan fingerprint density at radius 3 is 2.63 bits per heavy atom. The Morgan fingerprint density at radius 2 is 1.89 bits per heavy atom. The molecule has 0 fully saturated rings. The summed E-state index contributed by atoms with van der Waals surface area (Å²) in [6, 6.07) is 9.69. The van der Waals surface area contributed by atoms with Crippen LogP contribution in [0.4, 0.5) is 8.78 Å². The number of carbonyl (C=O) groups is 1. The standard InChI is InChI=1S/C14H10F2O2S/c15-10-5-6-12(16)13(7-10)19-8-9-3-1-2-4-11(9)14(17)18/h1-7H,8H2,(H,17,18). The topological polar surface area (TPSA) is 37.3 Å². The summed E-state index contributed by atoms with van der Waals surface area (Å²) in [5.74, 6) is -1.80. The fourth-order valence-electron chi connectivity index (χ4n) is 1.60. The molecule has 0 heterocycles. The highest BCUT2D eigenvalue weighted by Gasteiger charge is 2.11. The van der Waals surface area contributed by atoms with Crippen LogP contribution in [0.25, 0.3) is 0 Å². The second-order valence-electron chi connectivity index (χ2n) is 3.83. The summed E-state index contributed by atoms with van der Waals surface area (Å²) in [7, 11) is 0. The van der Waals surface area contributed by atoms with Gasteiger partial charge in [0.15, 0.2) is 0 Å². The molecule has 1 N–H and O–H groups in total. The van der Waals surface area contributed by atoms with E-state index < -0.39 is 17.6 Å². The van der Waals surface area contributed by atoms with Crippen molar-refractivity contribution in [3.63, 3.8) is 0 Å². The third kappa shape index (κ3) is 3.32. The molecule has 19 heavy (non-hydrogen) atoms. The lowest BCUT2D eigenvalue weighted by Gasteiger charge is -2.06. The van der Waals surface area contributed by atoms with Crippen molar-refractivity contribution in [1.82, 2.24) is 0 Å². The molecule has 0 spiro atoms. The van der Waals surface area contributed by atoms with Crippen LogP contribution in [0, 0.1) is 11.6 Å². The summed E-state index contributed by atoms with van der Waals surface area (Å²) < 4.78 is 26.4. The Labute approximate surface area is 113 Å². The largest absolute Gasteiger partial charge is 0.478 e. The van der Waals surface area contributed by atoms with E-state index >= 15 is 0 Å². The van der Waals surface area contributed by atoms with Crippen molar-refractivity contribution < 1.29 is 18.7 Å². The molecular weight excluding hydrogens is 270 g/mol. The van der Waals surface area contributed by atoms with Crippen LogP contribution >= 0.6 is 11.8 Å². The summed E-state index contributed by atoms with van der Waals surface area (Å²) in [6.45, 7) is 0. The van der Waals surface area contributed by atoms with Gasteiger partial charge in [-0.05, 0) is 29.8 Å². The second kappa shape index (κ2) is 5.84. The first-order valence-electron chi connectivity index (χ1n) is 5.47. The molecule has 0 radical (unpaired) electrons. The average Bonchev–Trinajstić information content (AvgIpc) is 2.40. The molecule has 0 aliphatic heterocycles. The van der Waals surface area contributed by atoms with Crippen LogP contribution < -0.4 is 0 Å². The zero-order valence-corrected chi connectivity index (χ0v) is 10.6. The minimum atomic E-state index is -1.03. The summed E-state index contributed by atoms with van der Waals surface area (Å²) in [5, 5.41) is 9.02. The predicted octanol–water partition coefficient (Wildman–Crippen LogP) is 3.96. The Kier molecular flexibility index (Phi) is 4.16. The van der Waals surface area contributed by atoms with Crippen LogP contribution in [0.15, 0.2) is 47.4 Å². The highest BCUT2D eigenvalue weighted by Crippen LogP contribution is 2.27. The van der Waals surface area contributed by atoms with Crippen LogP contribution in [-0.2, 0) is 5.75 Å². The third-order valence-electron chi connectivity index (χ3n) is 2.52. The molecule has 0 aromatic heterocycles. The first-order chi connectivity index (χ1) is 9.08. The molecule has 0 saturated carbocycles. The molecule has 5 heteroatoms. The minimum Gasteiger partial charge on any atom is -0.478 e. The highest BCUT2D eigenvalue weighted by molar-refractivity contribution is 7.98. The van der Waals surface area contributed by atoms with Crippen molar-refractivity contribution >= 4 is 17.7 Å². The van der Waals surface area contributed by atoms with E-state index in [2.05, 4.69) is 0 Å². The maximum Gasteiger partial charge on any atom is 0.335 e. The quantitative estimate of drug-likeness (QED) is 0.861. The van der Waals surface area contributed by atoms with Gasteiger partial charge in [-0.15, -0.1) is 11.8 Å². The summed E-state index contributed by atoms with van der Waals surface area (Å²) in [4.78, 5) is 11.2. The number of halogens is 2. The zero-order valence-electron chi connectivity index (χ0n) is 9.77. The third-order valence-corrected chi connectivity index (χ3v) is 3.60. The molecule has 0 bridgehead atoms. The Hall–Kier alpha value is -1.88. The Morgan fingerprint density at radius 1 is 1.16 bits per heavy atom. The monoisotopic (exact) mass is 280 g/mol. The normalized spacial score (nSPS) is 10.4. The lowest BCUT2D eigenvalue weighted by Crippen LogP contribution is -2.01. The van der Waals surface area contributed by atoms with Gasteiger partial charge >= 0.3 is 5.97 Å². The van der Waals surface area contributed by atoms with Gasteiger partial charge in [0.2, 0.25) is 0 Å². The molecule has 0 amide bonds. The lowest BCUT2D eigenvalue weighted by atomic mass is 10.1. The summed E-state index contributed by atoms with van der Waals surface area (Å²) >= 11 is 1.07. The van der Waals surface area contributed by atoms with Crippen LogP contribution in [0.2, 0.25) is 0 Å². The van der Waals surface area contributed by atoms with Crippen LogP contribution in [0.1, 0.15) is 15.9 Å². The molecule has 98 valence electrons. The van der Waals surface area contributed by atoms with Crippen molar-refractivity contribution in [2.75, 3.05) is 0 Å². The number of carboxylic acids is 1. The predicted molar refractivity (Wildman–Crippen MR) is 69.3 cm³/mol. The molecule has 0 unspecified atom stereocenters. The first kappa shape index (κ1) is 13.5. The van der Waals surface area contributed by atoms with Crippen molar-refractivity contribution in [1.29, 1.82) is 0 Å². The summed E-state index contributed by atoms with van der Waals surface area (Å²) in [6.07, 6.45) is 0. The van der Waals surface area contributed by atoms with Gasteiger partial charge in [-0.25, -0.2) is 13.6 Å². The van der Waals surface area contributed by atoms with Crippen molar-refractivity contribution in [2.24, 2.45) is 0 Å². The molecule has 0 aliphatic rings. The van der Waals surface area contributed by atoms with Crippen molar-refractivity contribution in [3.05, 3.63) is 65.2 Å². The maximum absolute atomic E-state index is 13.4. The highest BCUT2D eigenvalue weighted by atomic mass is 32.2. The van der Waals surface area contributed by atoms with Gasteiger partial charge in [0, 0.05) is 10.6 Å². The second-order valence-corrected chi connectivity index (χ2v) is 4.84. The number of aromatic carboxylic acids is 1. The van der Waals surface area contributed by atoms with E-state index in [4.69, 9.17) is 5.11 Å². The van der Waals surface area contributed by atoms with Gasteiger partial charge in [0.1, 0.15) is 11.6 Å². The van der Waals surface area contributed by atoms with E-state index in [1.54, 1.807) is 18.2 Å². The molecule has 0 saturated heterocycles. The van der Waals surface area contributed by atoms with E-state index in [1.165, 1.54) is 6.07 Å². The van der Waals surface area contributed by atoms with E-state index in [1.807, 2.05) is 0 Å². The van der Waals surface area contributed by atoms with Gasteiger partial charge in [0.05, 0.1) is 5.56 Å².